The molecule has 0 unspecified atom stereocenters. The summed E-state index contributed by atoms with van der Waals surface area (Å²) in [6, 6.07) is 9.26. The third-order valence-electron chi connectivity index (χ3n) is 3.35. The van der Waals surface area contributed by atoms with Gasteiger partial charge in [-0.15, -0.1) is 5.10 Å². The molecule has 2 N–H and O–H groups in total. The Labute approximate surface area is 170 Å². The highest BCUT2D eigenvalue weighted by Gasteiger charge is 2.15. The molecule has 134 valence electrons. The van der Waals surface area contributed by atoms with E-state index in [1.165, 1.54) is 6.08 Å². The van der Waals surface area contributed by atoms with Crippen LogP contribution < -0.4 is 0 Å². The van der Waals surface area contributed by atoms with Crippen LogP contribution >= 0.6 is 43.6 Å². The predicted molar refractivity (Wildman–Crippen MR) is 107 cm³/mol. The smallest absolute Gasteiger partial charge is 0.342 e. The molecule has 0 atom stereocenters. The fraction of sp³-hybridized carbons (Fsp3) is 0.118. The zero-order valence-electron chi connectivity index (χ0n) is 13.5. The Bertz CT molecular complexity index is 981. The molecular weight excluding hydrogens is 486 g/mol. The Morgan fingerprint density at radius 3 is 2.85 bits per heavy atom. The maximum Gasteiger partial charge on any atom is 0.342 e. The largest absolute Gasteiger partial charge is 0.477 e. The van der Waals surface area contributed by atoms with Gasteiger partial charge in [0.05, 0.1) is 0 Å². The normalized spacial score (nSPS) is 11.7. The van der Waals surface area contributed by atoms with E-state index in [1.807, 2.05) is 25.1 Å². The summed E-state index contributed by atoms with van der Waals surface area (Å²) in [6.07, 6.45) is 2.16. The van der Waals surface area contributed by atoms with Gasteiger partial charge in [-0.1, -0.05) is 38.8 Å². The van der Waals surface area contributed by atoms with Gasteiger partial charge in [0.25, 0.3) is 0 Å². The molecule has 2 aromatic heterocycles. The first-order valence-corrected chi connectivity index (χ1v) is 9.96. The van der Waals surface area contributed by atoms with Crippen LogP contribution in [0.5, 0.6) is 0 Å². The topological polar surface area (TPSA) is 92.0 Å². The molecule has 0 bridgehead atoms. The monoisotopic (exact) mass is 497 g/mol. The molecule has 0 aliphatic carbocycles. The van der Waals surface area contributed by atoms with Crippen LogP contribution in [0, 0.1) is 0 Å². The second-order valence-electron chi connectivity index (χ2n) is 5.16. The molecule has 9 heteroatoms. The molecule has 0 aliphatic heterocycles. The maximum atomic E-state index is 11.5. The van der Waals surface area contributed by atoms with Crippen molar-refractivity contribution in [2.24, 2.45) is 0 Å². The Morgan fingerprint density at radius 1 is 1.35 bits per heavy atom. The summed E-state index contributed by atoms with van der Waals surface area (Å²) in [7, 11) is 0. The second kappa shape index (κ2) is 8.24. The number of benzene rings is 1. The number of H-pyrrole nitrogens is 1. The number of carboxylic acid groups (broad SMARTS) is 1. The standard InChI is InChI=1S/C17H13Br2N3O3S/c1-2-15-20-17(22-21-15)26-14(16(23)24)8-10-4-6-13(25-10)11-7-9(18)3-5-12(11)19/h3-8H,2H2,1H3,(H,23,24)(H,20,21,22)/b14-8+. The minimum atomic E-state index is -1.07. The van der Waals surface area contributed by atoms with Crippen molar-refractivity contribution in [3.63, 3.8) is 0 Å². The van der Waals surface area contributed by atoms with Crippen LogP contribution in [0.4, 0.5) is 0 Å². The molecule has 3 rings (SSSR count). The van der Waals surface area contributed by atoms with E-state index in [2.05, 4.69) is 47.0 Å². The quantitative estimate of drug-likeness (QED) is 0.350. The molecule has 0 saturated heterocycles. The first-order valence-electron chi connectivity index (χ1n) is 7.55. The second-order valence-corrected chi connectivity index (χ2v) is 7.94. The number of halogens is 2. The van der Waals surface area contributed by atoms with Gasteiger partial charge >= 0.3 is 5.97 Å². The number of nitrogens with one attached hydrogen (secondary N) is 1. The molecule has 0 aliphatic rings. The van der Waals surface area contributed by atoms with Gasteiger partial charge in [-0.3, -0.25) is 5.10 Å². The fourth-order valence-electron chi connectivity index (χ4n) is 2.11. The van der Waals surface area contributed by atoms with Crippen molar-refractivity contribution >= 4 is 55.7 Å². The van der Waals surface area contributed by atoms with Gasteiger partial charge in [0.15, 0.2) is 0 Å². The van der Waals surface area contributed by atoms with Crippen LogP contribution in [0.25, 0.3) is 17.4 Å². The van der Waals surface area contributed by atoms with E-state index in [1.54, 1.807) is 12.1 Å². The lowest BCUT2D eigenvalue weighted by Gasteiger charge is -2.02. The van der Waals surface area contributed by atoms with Crippen molar-refractivity contribution in [3.05, 3.63) is 55.8 Å². The lowest BCUT2D eigenvalue weighted by molar-refractivity contribution is -0.131. The van der Waals surface area contributed by atoms with E-state index in [9.17, 15) is 9.90 Å². The molecule has 0 saturated carbocycles. The van der Waals surface area contributed by atoms with Crippen LogP contribution in [0.3, 0.4) is 0 Å². The van der Waals surface area contributed by atoms with Crippen molar-refractivity contribution in [1.82, 2.24) is 15.2 Å². The summed E-state index contributed by atoms with van der Waals surface area (Å²) in [6.45, 7) is 1.94. The third-order valence-corrected chi connectivity index (χ3v) is 5.41. The SMILES string of the molecule is CCc1nc(S/C(=C/c2ccc(-c3cc(Br)ccc3Br)o2)C(=O)O)n[nH]1. The van der Waals surface area contributed by atoms with Crippen LogP contribution in [0.1, 0.15) is 18.5 Å². The number of carbonyl (C=O) groups is 1. The Kier molecular flexibility index (Phi) is 6.00. The Balaban J connectivity index is 1.88. The minimum Gasteiger partial charge on any atom is -0.477 e. The van der Waals surface area contributed by atoms with E-state index < -0.39 is 5.97 Å². The summed E-state index contributed by atoms with van der Waals surface area (Å²) in [4.78, 5) is 15.8. The molecular formula is C17H13Br2N3O3S. The van der Waals surface area contributed by atoms with Gasteiger partial charge in [-0.05, 0) is 42.1 Å². The number of furan rings is 1. The van der Waals surface area contributed by atoms with Gasteiger partial charge in [0.2, 0.25) is 5.16 Å². The molecule has 2 heterocycles. The number of aryl methyl sites for hydroxylation is 1. The number of aromatic amines is 1. The van der Waals surface area contributed by atoms with Crippen LogP contribution in [-0.4, -0.2) is 26.3 Å². The molecule has 0 spiro atoms. The van der Waals surface area contributed by atoms with E-state index in [0.717, 1.165) is 26.3 Å². The summed E-state index contributed by atoms with van der Waals surface area (Å²) in [5.74, 6) is 0.699. The van der Waals surface area contributed by atoms with Crippen molar-refractivity contribution < 1.29 is 14.3 Å². The van der Waals surface area contributed by atoms with E-state index in [4.69, 9.17) is 4.42 Å². The van der Waals surface area contributed by atoms with Gasteiger partial charge in [0, 0.05) is 27.0 Å². The summed E-state index contributed by atoms with van der Waals surface area (Å²) in [5.41, 5.74) is 0.866. The lowest BCUT2D eigenvalue weighted by atomic mass is 10.2. The van der Waals surface area contributed by atoms with Crippen LogP contribution in [0.15, 0.2) is 53.8 Å². The molecule has 26 heavy (non-hydrogen) atoms. The van der Waals surface area contributed by atoms with Crippen LogP contribution in [-0.2, 0) is 11.2 Å². The molecule has 3 aromatic rings. The molecule has 1 aromatic carbocycles. The van der Waals surface area contributed by atoms with Gasteiger partial charge in [0.1, 0.15) is 22.3 Å². The average molecular weight is 499 g/mol. The van der Waals surface area contributed by atoms with Crippen LogP contribution in [0.2, 0.25) is 0 Å². The van der Waals surface area contributed by atoms with E-state index >= 15 is 0 Å². The number of rotatable bonds is 6. The Hall–Kier alpha value is -1.84. The average Bonchev–Trinajstić information content (AvgIpc) is 3.25. The lowest BCUT2D eigenvalue weighted by Crippen LogP contribution is -1.97. The fourth-order valence-corrected chi connectivity index (χ4v) is 3.61. The summed E-state index contributed by atoms with van der Waals surface area (Å²) < 4.78 is 7.60. The van der Waals surface area contributed by atoms with Crippen molar-refractivity contribution in [3.8, 4) is 11.3 Å². The zero-order chi connectivity index (χ0) is 18.7. The highest BCUT2D eigenvalue weighted by molar-refractivity contribution is 9.11. The number of aromatic nitrogens is 3. The number of hydrogen-bond donors (Lipinski definition) is 2. The number of aliphatic carboxylic acids is 1. The van der Waals surface area contributed by atoms with Gasteiger partial charge in [-0.25, -0.2) is 9.78 Å². The maximum absolute atomic E-state index is 11.5. The highest BCUT2D eigenvalue weighted by atomic mass is 79.9. The van der Waals surface area contributed by atoms with Crippen molar-refractivity contribution in [1.29, 1.82) is 0 Å². The predicted octanol–water partition coefficient (Wildman–Crippen LogP) is 5.37. The van der Waals surface area contributed by atoms with Gasteiger partial charge < -0.3 is 9.52 Å². The highest BCUT2D eigenvalue weighted by Crippen LogP contribution is 2.33. The zero-order valence-corrected chi connectivity index (χ0v) is 17.5. The first kappa shape index (κ1) is 18.9. The van der Waals surface area contributed by atoms with Crippen molar-refractivity contribution in [2.75, 3.05) is 0 Å². The molecule has 0 radical (unpaired) electrons. The molecule has 6 nitrogen and oxygen atoms in total. The molecule has 0 fully saturated rings. The first-order chi connectivity index (χ1) is 12.5. The number of carboxylic acids is 1. The van der Waals surface area contributed by atoms with E-state index in [0.29, 0.717) is 28.9 Å². The summed E-state index contributed by atoms with van der Waals surface area (Å²) in [5, 5.41) is 16.6. The van der Waals surface area contributed by atoms with Crippen molar-refractivity contribution in [2.45, 2.75) is 18.5 Å². The number of thioether (sulfide) groups is 1. The van der Waals surface area contributed by atoms with E-state index in [-0.39, 0.29) is 4.91 Å². The Morgan fingerprint density at radius 2 is 2.15 bits per heavy atom. The minimum absolute atomic E-state index is 0.0702. The van der Waals surface area contributed by atoms with Gasteiger partial charge in [-0.2, -0.15) is 0 Å². The third kappa shape index (κ3) is 4.46. The summed E-state index contributed by atoms with van der Waals surface area (Å²) >= 11 is 7.89. The number of nitrogens with zero attached hydrogens (tertiary/aromatic N) is 2. The number of hydrogen-bond acceptors (Lipinski definition) is 5. The molecule has 0 amide bonds.